The Morgan fingerprint density at radius 1 is 1.00 bits per heavy atom. The molecule has 1 aliphatic carbocycles. The van der Waals surface area contributed by atoms with Crippen LogP contribution in [0.2, 0.25) is 10.0 Å². The van der Waals surface area contributed by atoms with E-state index in [4.69, 9.17) is 27.9 Å². The standard InChI is InChI=1S/C28H26Cl2F3N3O4S/c29-17-3-9-24-21(11-17)22-12-18(30)4-10-25(22)36(24)26-15-39-14-23(27(26)37)35-41(38,34-13-16-1-2-16)20-7-5-19(6-8-20)40-28(31,32)33/h3-12,16,23,26-27,37H,1-2,13-15H2,(H,34,35,38)/t23-,26-,27-,41?/m1/s1. The van der Waals surface area contributed by atoms with Crippen LogP contribution < -0.4 is 9.46 Å². The molecule has 4 atom stereocenters. The Morgan fingerprint density at radius 2 is 1.61 bits per heavy atom. The second-order valence-electron chi connectivity index (χ2n) is 10.3. The molecule has 3 aromatic carbocycles. The van der Waals surface area contributed by atoms with Crippen LogP contribution in [0.5, 0.6) is 5.75 Å². The molecular weight excluding hydrogens is 602 g/mol. The number of ether oxygens (including phenoxy) is 2. The fraction of sp³-hybridized carbons (Fsp3) is 0.357. The van der Waals surface area contributed by atoms with E-state index in [9.17, 15) is 22.5 Å². The summed E-state index contributed by atoms with van der Waals surface area (Å²) in [5, 5.41) is 14.5. The summed E-state index contributed by atoms with van der Waals surface area (Å²) < 4.78 is 71.6. The summed E-state index contributed by atoms with van der Waals surface area (Å²) in [5.74, 6) is -0.125. The van der Waals surface area contributed by atoms with E-state index in [0.717, 1.165) is 46.8 Å². The molecule has 41 heavy (non-hydrogen) atoms. The fourth-order valence-electron chi connectivity index (χ4n) is 5.19. The molecule has 1 aliphatic heterocycles. The first-order valence-electron chi connectivity index (χ1n) is 13.0. The van der Waals surface area contributed by atoms with E-state index in [1.165, 1.54) is 12.1 Å². The smallest absolute Gasteiger partial charge is 0.406 e. The molecule has 0 radical (unpaired) electrons. The minimum atomic E-state index is -4.85. The highest BCUT2D eigenvalue weighted by Crippen LogP contribution is 2.38. The van der Waals surface area contributed by atoms with Gasteiger partial charge in [-0.2, -0.15) is 0 Å². The largest absolute Gasteiger partial charge is 0.573 e. The number of aliphatic hydroxyl groups is 1. The lowest BCUT2D eigenvalue weighted by Crippen LogP contribution is -2.53. The van der Waals surface area contributed by atoms with Crippen molar-refractivity contribution in [2.24, 2.45) is 10.3 Å². The predicted octanol–water partition coefficient (Wildman–Crippen LogP) is 6.74. The summed E-state index contributed by atoms with van der Waals surface area (Å²) in [4.78, 5) is 0.183. The number of nitrogens with zero attached hydrogens (tertiary/aromatic N) is 2. The van der Waals surface area contributed by atoms with E-state index >= 15 is 0 Å². The molecule has 1 saturated carbocycles. The molecule has 2 fully saturated rings. The molecule has 2 aliphatic rings. The van der Waals surface area contributed by atoms with Crippen molar-refractivity contribution in [3.05, 3.63) is 70.7 Å². The minimum Gasteiger partial charge on any atom is -0.406 e. The van der Waals surface area contributed by atoms with Gasteiger partial charge in [-0.05, 0) is 79.4 Å². The Hall–Kier alpha value is -2.54. The van der Waals surface area contributed by atoms with Crippen molar-refractivity contribution in [1.29, 1.82) is 0 Å². The molecule has 2 N–H and O–H groups in total. The number of fused-ring (bicyclic) bond motifs is 3. The van der Waals surface area contributed by atoms with Crippen LogP contribution in [0.4, 0.5) is 13.2 Å². The van der Waals surface area contributed by atoms with Gasteiger partial charge in [-0.1, -0.05) is 23.2 Å². The van der Waals surface area contributed by atoms with Crippen LogP contribution in [0.25, 0.3) is 21.8 Å². The summed E-state index contributed by atoms with van der Waals surface area (Å²) in [6, 6.07) is 14.4. The Bertz CT molecular complexity index is 1660. The lowest BCUT2D eigenvalue weighted by molar-refractivity contribution is -0.274. The molecule has 4 aromatic rings. The third-order valence-corrected chi connectivity index (χ3v) is 9.87. The van der Waals surface area contributed by atoms with Crippen LogP contribution in [0.15, 0.2) is 69.9 Å². The first-order chi connectivity index (χ1) is 19.5. The van der Waals surface area contributed by atoms with Crippen molar-refractivity contribution in [3.8, 4) is 5.75 Å². The lowest BCUT2D eigenvalue weighted by Gasteiger charge is -2.37. The maximum absolute atomic E-state index is 14.3. The number of benzene rings is 3. The second kappa shape index (κ2) is 10.9. The first-order valence-corrected chi connectivity index (χ1v) is 15.3. The van der Waals surface area contributed by atoms with Gasteiger partial charge in [-0.15, -0.1) is 13.2 Å². The molecule has 7 nitrogen and oxygen atoms in total. The summed E-state index contributed by atoms with van der Waals surface area (Å²) in [6.45, 7) is 0.569. The number of aromatic nitrogens is 1. The fourth-order valence-corrected chi connectivity index (χ4v) is 7.44. The maximum Gasteiger partial charge on any atom is 0.573 e. The van der Waals surface area contributed by atoms with Gasteiger partial charge in [0.25, 0.3) is 0 Å². The number of aliphatic hydroxyl groups excluding tert-OH is 1. The van der Waals surface area contributed by atoms with Crippen molar-refractivity contribution in [2.45, 2.75) is 42.3 Å². The Balaban J connectivity index is 1.35. The van der Waals surface area contributed by atoms with Crippen LogP contribution in [-0.4, -0.2) is 52.1 Å². The van der Waals surface area contributed by atoms with E-state index in [2.05, 4.69) is 13.8 Å². The Morgan fingerprint density at radius 3 is 2.17 bits per heavy atom. The normalized spacial score (nSPS) is 23.0. The second-order valence-corrected chi connectivity index (χ2v) is 13.2. The van der Waals surface area contributed by atoms with Crippen LogP contribution in [0, 0.1) is 5.92 Å². The Kier molecular flexibility index (Phi) is 7.63. The van der Waals surface area contributed by atoms with Crippen LogP contribution >= 0.6 is 23.2 Å². The number of nitrogens with one attached hydrogen (secondary N) is 1. The summed E-state index contributed by atoms with van der Waals surface area (Å²) in [6.07, 6.45) is -3.97. The molecular formula is C28H26Cl2F3N3O4S. The van der Waals surface area contributed by atoms with Gasteiger partial charge >= 0.3 is 6.36 Å². The third kappa shape index (κ3) is 6.02. The van der Waals surface area contributed by atoms with Crippen LogP contribution in [0.1, 0.15) is 18.9 Å². The zero-order valence-electron chi connectivity index (χ0n) is 21.5. The average Bonchev–Trinajstić information content (AvgIpc) is 3.70. The molecule has 0 amide bonds. The van der Waals surface area contributed by atoms with E-state index in [-0.39, 0.29) is 18.1 Å². The van der Waals surface area contributed by atoms with Gasteiger partial charge in [0.2, 0.25) is 0 Å². The number of rotatable bonds is 7. The van der Waals surface area contributed by atoms with Crippen molar-refractivity contribution >= 4 is 54.9 Å². The van der Waals surface area contributed by atoms with E-state index in [0.29, 0.717) is 22.5 Å². The van der Waals surface area contributed by atoms with Gasteiger partial charge in [0, 0.05) is 31.9 Å². The average molecular weight is 629 g/mol. The highest BCUT2D eigenvalue weighted by Gasteiger charge is 2.38. The molecule has 1 aromatic heterocycles. The highest BCUT2D eigenvalue weighted by atomic mass is 35.5. The molecule has 0 spiro atoms. The van der Waals surface area contributed by atoms with Gasteiger partial charge < -0.3 is 19.1 Å². The maximum atomic E-state index is 14.3. The summed E-state index contributed by atoms with van der Waals surface area (Å²) >= 11 is 12.6. The van der Waals surface area contributed by atoms with Crippen molar-refractivity contribution in [2.75, 3.05) is 19.8 Å². The molecule has 1 saturated heterocycles. The van der Waals surface area contributed by atoms with Crippen LogP contribution in [-0.2, 0) is 14.7 Å². The van der Waals surface area contributed by atoms with Gasteiger partial charge in [-0.25, -0.2) is 13.3 Å². The van der Waals surface area contributed by atoms with Crippen molar-refractivity contribution < 1.29 is 32.0 Å². The summed E-state index contributed by atoms with van der Waals surface area (Å²) in [5.41, 5.74) is 1.64. The van der Waals surface area contributed by atoms with Crippen LogP contribution in [0.3, 0.4) is 0 Å². The monoisotopic (exact) mass is 627 g/mol. The lowest BCUT2D eigenvalue weighted by atomic mass is 10.0. The third-order valence-electron chi connectivity index (χ3n) is 7.35. The van der Waals surface area contributed by atoms with Gasteiger partial charge in [0.05, 0.1) is 42.8 Å². The molecule has 2 heterocycles. The number of halogens is 5. The zero-order valence-corrected chi connectivity index (χ0v) is 23.8. The predicted molar refractivity (Wildman–Crippen MR) is 152 cm³/mol. The van der Waals surface area contributed by atoms with E-state index in [1.807, 2.05) is 28.8 Å². The zero-order chi connectivity index (χ0) is 28.9. The van der Waals surface area contributed by atoms with Crippen molar-refractivity contribution in [3.63, 3.8) is 0 Å². The molecule has 1 unspecified atom stereocenters. The molecule has 0 bridgehead atoms. The van der Waals surface area contributed by atoms with E-state index in [1.54, 1.807) is 12.1 Å². The highest BCUT2D eigenvalue weighted by molar-refractivity contribution is 7.91. The number of hydrogen-bond acceptors (Lipinski definition) is 5. The molecule has 6 rings (SSSR count). The number of alkyl halides is 3. The quantitative estimate of drug-likeness (QED) is 0.238. The SMILES string of the molecule is O=S(=NCC1CC1)(N[C@@H]1COC[C@@H](n2c3ccc(Cl)cc3c3cc(Cl)ccc32)[C@@H]1O)c1ccc(OC(F)(F)F)cc1. The molecule has 13 heteroatoms. The Labute approximate surface area is 244 Å². The van der Waals surface area contributed by atoms with Gasteiger partial charge in [0.1, 0.15) is 15.7 Å². The number of hydrogen-bond donors (Lipinski definition) is 2. The van der Waals surface area contributed by atoms with Crippen molar-refractivity contribution in [1.82, 2.24) is 9.29 Å². The van der Waals surface area contributed by atoms with E-state index < -0.39 is 40.2 Å². The summed E-state index contributed by atoms with van der Waals surface area (Å²) in [7, 11) is -3.35. The topological polar surface area (TPSA) is 85.1 Å². The minimum absolute atomic E-state index is 0.0532. The van der Waals surface area contributed by atoms with Gasteiger partial charge in [0.15, 0.2) is 0 Å². The first kappa shape index (κ1) is 28.6. The van der Waals surface area contributed by atoms with Gasteiger partial charge in [-0.3, -0.25) is 0 Å². The molecule has 218 valence electrons.